The van der Waals surface area contributed by atoms with Crippen molar-refractivity contribution in [3.05, 3.63) is 133 Å². The quantitative estimate of drug-likeness (QED) is 0.123. The molecule has 1 radical (unpaired) electrons. The van der Waals surface area contributed by atoms with Crippen LogP contribution in [0, 0.1) is 12.1 Å². The van der Waals surface area contributed by atoms with Crippen LogP contribution in [0.25, 0.3) is 55.7 Å². The van der Waals surface area contributed by atoms with Crippen molar-refractivity contribution in [2.24, 2.45) is 0 Å². The van der Waals surface area contributed by atoms with Crippen LogP contribution in [-0.2, 0) is 20.1 Å². The Morgan fingerprint density at radius 1 is 0.667 bits per heavy atom. The molecule has 7 rings (SSSR count). The number of hydrogen-bond donors (Lipinski definition) is 0. The number of furan rings is 1. The maximum absolute atomic E-state index is 6.15. The molecule has 0 saturated carbocycles. The normalized spacial score (nSPS) is 11.4. The summed E-state index contributed by atoms with van der Waals surface area (Å²) in [5.74, 6) is 8.27. The van der Waals surface area contributed by atoms with Gasteiger partial charge in [-0.1, -0.05) is 66.8 Å². The van der Waals surface area contributed by atoms with Gasteiger partial charge in [0.1, 0.15) is 0 Å². The minimum atomic E-state index is -1.85. The molecule has 4 aromatic heterocycles. The van der Waals surface area contributed by atoms with Crippen LogP contribution in [0.1, 0.15) is 50.7 Å². The summed E-state index contributed by atoms with van der Waals surface area (Å²) >= 11 is -1.85. The maximum atomic E-state index is 6.15. The maximum Gasteiger partial charge on any atom is 0.216 e. The third-order valence-electron chi connectivity index (χ3n) is 8.45. The molecule has 0 aliphatic carbocycles. The van der Waals surface area contributed by atoms with Gasteiger partial charge in [-0.2, -0.15) is 0 Å². The van der Waals surface area contributed by atoms with Gasteiger partial charge in [-0.3, -0.25) is 0 Å². The Morgan fingerprint density at radius 3 is 2.12 bits per heavy atom. The Balaban J connectivity index is 0.000000198. The summed E-state index contributed by atoms with van der Waals surface area (Å²) in [6.45, 7) is 8.90. The molecule has 0 aliphatic heterocycles. The van der Waals surface area contributed by atoms with Gasteiger partial charge in [0.15, 0.2) is 0 Å². The molecule has 0 fully saturated rings. The van der Waals surface area contributed by atoms with E-state index in [0.29, 0.717) is 17.5 Å². The summed E-state index contributed by atoms with van der Waals surface area (Å²) in [7, 11) is 0. The molecule has 0 N–H and O–H groups in total. The molecular formula is C42H41GeIrN3O-2. The first-order valence-corrected chi connectivity index (χ1v) is 23.7. The van der Waals surface area contributed by atoms with Crippen LogP contribution in [0.15, 0.2) is 114 Å². The van der Waals surface area contributed by atoms with E-state index in [2.05, 4.69) is 121 Å². The predicted molar refractivity (Wildman–Crippen MR) is 199 cm³/mol. The molecule has 48 heavy (non-hydrogen) atoms. The van der Waals surface area contributed by atoms with E-state index in [9.17, 15) is 0 Å². The van der Waals surface area contributed by atoms with Crippen molar-refractivity contribution in [2.75, 3.05) is 0 Å². The molecule has 0 spiro atoms. The summed E-state index contributed by atoms with van der Waals surface area (Å²) in [6.07, 6.45) is 5.83. The monoisotopic (exact) mass is 870 g/mol. The molecular weight excluding hydrogens is 827 g/mol. The largest absolute Gasteiger partial charge is 0.486 e. The van der Waals surface area contributed by atoms with Crippen LogP contribution in [-0.4, -0.2) is 28.2 Å². The number of fused-ring (bicyclic) bond motifs is 3. The first kappa shape index (κ1) is 35.4. The molecule has 6 heteroatoms. The van der Waals surface area contributed by atoms with Gasteiger partial charge in [0.25, 0.3) is 0 Å². The fourth-order valence-corrected chi connectivity index (χ4v) is 9.34. The zero-order valence-corrected chi connectivity index (χ0v) is 33.1. The standard InChI is InChI=1S/C25H19N2O.C17H22GeN.Ir/c1-16(2)18-11-12-26-23(14-18)21-10-6-9-20-22-13-19(17-7-4-3-5-8-17)15-27-25(22)28-24(20)21;1-13(2)15-11-17(14-9-7-6-8-10-14)19-12-16(15)18(3,4)5;/h3-9,11-16H,1-2H3;6-9,11-13H,1-5H3;/q2*-1;. The van der Waals surface area contributed by atoms with Crippen molar-refractivity contribution >= 4 is 39.7 Å². The SMILES string of the molecule is CC(C)c1cc(-c2[c-]cccc2)nc[c]1[Ge]([CH3])([CH3])[CH3].CC(C)c1ccnc(-c2[c-]ccc3c2oc2ncc(-c4ccccc4)cc23)c1.[Ir]. The van der Waals surface area contributed by atoms with Crippen molar-refractivity contribution in [3.63, 3.8) is 0 Å². The van der Waals surface area contributed by atoms with E-state index in [1.54, 1.807) is 0 Å². The van der Waals surface area contributed by atoms with E-state index in [-0.39, 0.29) is 20.1 Å². The van der Waals surface area contributed by atoms with E-state index in [1.807, 2.05) is 60.9 Å². The Morgan fingerprint density at radius 2 is 1.44 bits per heavy atom. The van der Waals surface area contributed by atoms with Gasteiger partial charge in [0.05, 0.1) is 5.58 Å². The number of aromatic nitrogens is 3. The summed E-state index contributed by atoms with van der Waals surface area (Å²) in [5.41, 5.74) is 10.2. The smallest absolute Gasteiger partial charge is 0.216 e. The summed E-state index contributed by atoms with van der Waals surface area (Å²) < 4.78 is 7.67. The van der Waals surface area contributed by atoms with Gasteiger partial charge >= 0.3 is 119 Å². The molecule has 0 aliphatic rings. The van der Waals surface area contributed by atoms with E-state index < -0.39 is 13.3 Å². The van der Waals surface area contributed by atoms with Crippen LogP contribution in [0.2, 0.25) is 17.3 Å². The molecule has 0 amide bonds. The molecule has 0 bridgehead atoms. The molecule has 4 heterocycles. The molecule has 7 aromatic rings. The molecule has 0 unspecified atom stereocenters. The first-order valence-electron chi connectivity index (χ1n) is 16.3. The van der Waals surface area contributed by atoms with Crippen molar-refractivity contribution in [2.45, 2.75) is 56.8 Å². The average Bonchev–Trinajstić information content (AvgIpc) is 3.47. The number of benzene rings is 3. The third kappa shape index (κ3) is 7.70. The van der Waals surface area contributed by atoms with Gasteiger partial charge in [-0.05, 0) is 29.3 Å². The van der Waals surface area contributed by atoms with Gasteiger partial charge in [0, 0.05) is 43.4 Å². The fraction of sp³-hybridized carbons (Fsp3) is 0.214. The van der Waals surface area contributed by atoms with Crippen molar-refractivity contribution in [1.82, 2.24) is 15.0 Å². The number of nitrogens with zero attached hydrogens (tertiary/aromatic N) is 3. The van der Waals surface area contributed by atoms with E-state index in [0.717, 1.165) is 50.0 Å². The van der Waals surface area contributed by atoms with E-state index >= 15 is 0 Å². The Bertz CT molecular complexity index is 2130. The van der Waals surface area contributed by atoms with Crippen LogP contribution < -0.4 is 4.40 Å². The Hall–Kier alpha value is -3.90. The van der Waals surface area contributed by atoms with E-state index in [1.165, 1.54) is 15.5 Å². The topological polar surface area (TPSA) is 51.8 Å². The third-order valence-corrected chi connectivity index (χ3v) is 12.7. The predicted octanol–water partition coefficient (Wildman–Crippen LogP) is 10.8. The summed E-state index contributed by atoms with van der Waals surface area (Å²) in [4.78, 5) is 13.8. The zero-order valence-electron chi connectivity index (χ0n) is 28.6. The first-order chi connectivity index (χ1) is 22.6. The van der Waals surface area contributed by atoms with Gasteiger partial charge in [-0.15, -0.1) is 18.2 Å². The van der Waals surface area contributed by atoms with Crippen molar-refractivity contribution in [3.8, 4) is 33.6 Å². The summed E-state index contributed by atoms with van der Waals surface area (Å²) in [5, 5.41) is 2.04. The Kier molecular flexibility index (Phi) is 11.1. The van der Waals surface area contributed by atoms with Crippen LogP contribution >= 0.6 is 0 Å². The number of rotatable bonds is 6. The minimum absolute atomic E-state index is 0. The fourth-order valence-electron chi connectivity index (χ4n) is 5.82. The minimum Gasteiger partial charge on any atom is -0.486 e. The number of pyridine rings is 3. The summed E-state index contributed by atoms with van der Waals surface area (Å²) in [6, 6.07) is 37.5. The second kappa shape index (κ2) is 15.1. The second-order valence-corrected chi connectivity index (χ2v) is 24.2. The zero-order chi connectivity index (χ0) is 33.1. The van der Waals surface area contributed by atoms with Crippen LogP contribution in [0.3, 0.4) is 0 Å². The Labute approximate surface area is 300 Å². The molecule has 4 nitrogen and oxygen atoms in total. The molecule has 3 aromatic carbocycles. The van der Waals surface area contributed by atoms with Gasteiger partial charge in [0.2, 0.25) is 5.71 Å². The molecule has 0 atom stereocenters. The van der Waals surface area contributed by atoms with Crippen LogP contribution in [0.5, 0.6) is 0 Å². The molecule has 245 valence electrons. The van der Waals surface area contributed by atoms with Gasteiger partial charge in [-0.25, -0.2) is 4.98 Å². The van der Waals surface area contributed by atoms with Crippen molar-refractivity contribution in [1.29, 1.82) is 0 Å². The van der Waals surface area contributed by atoms with Gasteiger partial charge < -0.3 is 9.40 Å². The average molecular weight is 869 g/mol. The number of hydrogen-bond acceptors (Lipinski definition) is 4. The second-order valence-electron chi connectivity index (χ2n) is 13.6. The van der Waals surface area contributed by atoms with E-state index in [4.69, 9.17) is 4.42 Å². The van der Waals surface area contributed by atoms with Crippen molar-refractivity contribution < 1.29 is 24.5 Å². The van der Waals surface area contributed by atoms with Crippen LogP contribution in [0.4, 0.5) is 0 Å². The molecule has 0 saturated heterocycles.